The summed E-state index contributed by atoms with van der Waals surface area (Å²) in [5, 5.41) is 9.97. The Balaban J connectivity index is 2.50. The molecule has 2 rings (SSSR count). The van der Waals surface area contributed by atoms with Crippen LogP contribution in [0.25, 0.3) is 0 Å². The summed E-state index contributed by atoms with van der Waals surface area (Å²) in [6, 6.07) is 0.844. The van der Waals surface area contributed by atoms with Crippen LogP contribution >= 0.6 is 0 Å². The molecule has 4 nitrogen and oxygen atoms in total. The summed E-state index contributed by atoms with van der Waals surface area (Å²) in [5.74, 6) is -2.42. The molecule has 0 saturated heterocycles. The topological polar surface area (TPSA) is 72.5 Å². The number of esters is 1. The maximum absolute atomic E-state index is 13.6. The number of benzene rings is 1. The molecule has 0 fully saturated rings. The maximum Gasteiger partial charge on any atom is 0.338 e. The van der Waals surface area contributed by atoms with Gasteiger partial charge in [-0.05, 0) is 11.1 Å². The normalized spacial score (nSPS) is 22.4. The van der Waals surface area contributed by atoms with Crippen LogP contribution in [0.2, 0.25) is 0 Å². The minimum Gasteiger partial charge on any atom is -0.467 e. The molecule has 0 radical (unpaired) electrons. The van der Waals surface area contributed by atoms with Gasteiger partial charge in [-0.1, -0.05) is 0 Å². The van der Waals surface area contributed by atoms with Gasteiger partial charge < -0.3 is 15.6 Å². The first-order chi connectivity index (χ1) is 7.89. The van der Waals surface area contributed by atoms with Gasteiger partial charge in [0.05, 0.1) is 12.8 Å². The summed E-state index contributed by atoms with van der Waals surface area (Å²) in [6.07, 6.45) is -0.638. The highest BCUT2D eigenvalue weighted by Crippen LogP contribution is 2.36. The Bertz CT molecular complexity index is 504. The van der Waals surface area contributed by atoms with Crippen LogP contribution < -0.4 is 5.73 Å². The molecule has 17 heavy (non-hydrogen) atoms. The van der Waals surface area contributed by atoms with Crippen molar-refractivity contribution in [2.45, 2.75) is 18.4 Å². The van der Waals surface area contributed by atoms with Crippen molar-refractivity contribution >= 4 is 11.7 Å². The third kappa shape index (κ3) is 1.64. The van der Waals surface area contributed by atoms with Crippen LogP contribution in [-0.2, 0) is 22.4 Å². The number of carbonyl (C=O) groups is 1. The average molecular weight is 243 g/mol. The number of halogens is 2. The average Bonchev–Trinajstić information content (AvgIpc) is 2.65. The first-order valence-electron chi connectivity index (χ1n) is 4.95. The van der Waals surface area contributed by atoms with Crippen LogP contribution in [-0.4, -0.2) is 23.8 Å². The molecule has 0 bridgehead atoms. The van der Waals surface area contributed by atoms with Crippen molar-refractivity contribution in [2.75, 3.05) is 12.8 Å². The number of ether oxygens (including phenoxy) is 1. The molecule has 6 heteroatoms. The first kappa shape index (κ1) is 11.8. The molecule has 1 aromatic carbocycles. The fourth-order valence-corrected chi connectivity index (χ4v) is 2.09. The lowest BCUT2D eigenvalue weighted by Gasteiger charge is -2.18. The van der Waals surface area contributed by atoms with Gasteiger partial charge >= 0.3 is 5.97 Å². The van der Waals surface area contributed by atoms with E-state index in [1.54, 1.807) is 0 Å². The van der Waals surface area contributed by atoms with Gasteiger partial charge in [-0.15, -0.1) is 0 Å². The van der Waals surface area contributed by atoms with Crippen LogP contribution in [0, 0.1) is 11.6 Å². The number of nitrogen functional groups attached to an aromatic ring is 1. The Kier molecular flexibility index (Phi) is 2.54. The first-order valence-corrected chi connectivity index (χ1v) is 4.95. The Hall–Kier alpha value is -1.69. The molecule has 3 N–H and O–H groups in total. The number of nitrogens with two attached hydrogens (primary N) is 1. The zero-order valence-corrected chi connectivity index (χ0v) is 9.09. The molecular formula is C11H11F2NO3. The van der Waals surface area contributed by atoms with Crippen LogP contribution in [0.3, 0.4) is 0 Å². The Labute approximate surface area is 96.0 Å². The van der Waals surface area contributed by atoms with E-state index in [0.717, 1.165) is 13.2 Å². The lowest BCUT2D eigenvalue weighted by atomic mass is 10.0. The van der Waals surface area contributed by atoms with E-state index >= 15 is 0 Å². The van der Waals surface area contributed by atoms with Gasteiger partial charge in [-0.3, -0.25) is 0 Å². The number of hydrogen-bond acceptors (Lipinski definition) is 4. The molecule has 1 atom stereocenters. The second-order valence-corrected chi connectivity index (χ2v) is 4.10. The maximum atomic E-state index is 13.6. The monoisotopic (exact) mass is 243 g/mol. The van der Waals surface area contributed by atoms with Crippen LogP contribution in [0.15, 0.2) is 6.07 Å². The molecule has 0 amide bonds. The van der Waals surface area contributed by atoms with E-state index in [1.165, 1.54) is 0 Å². The molecule has 1 aliphatic rings. The second kappa shape index (κ2) is 3.66. The zero-order chi connectivity index (χ0) is 12.8. The summed E-state index contributed by atoms with van der Waals surface area (Å²) >= 11 is 0. The van der Waals surface area contributed by atoms with E-state index in [0.29, 0.717) is 0 Å². The zero-order valence-electron chi connectivity index (χ0n) is 9.09. The van der Waals surface area contributed by atoms with E-state index in [1.807, 2.05) is 0 Å². The number of aliphatic hydroxyl groups is 1. The number of rotatable bonds is 1. The minimum absolute atomic E-state index is 0.0235. The van der Waals surface area contributed by atoms with Crippen molar-refractivity contribution < 1.29 is 23.4 Å². The quantitative estimate of drug-likeness (QED) is 0.558. The van der Waals surface area contributed by atoms with Gasteiger partial charge in [0.2, 0.25) is 0 Å². The highest BCUT2D eigenvalue weighted by atomic mass is 19.1. The molecule has 1 aliphatic carbocycles. The van der Waals surface area contributed by atoms with Gasteiger partial charge in [0, 0.05) is 18.9 Å². The standard InChI is InChI=1S/C11H11F2NO3/c1-17-10(15)11(16)3-5-6(4-11)9(13)8(14)2-7(5)12/h2,16H,3-4,14H2,1H3. The van der Waals surface area contributed by atoms with E-state index in [9.17, 15) is 18.7 Å². The summed E-state index contributed by atoms with van der Waals surface area (Å²) in [7, 11) is 1.10. The molecule has 92 valence electrons. The molecule has 0 aromatic heterocycles. The number of fused-ring (bicyclic) bond motifs is 1. The van der Waals surface area contributed by atoms with Gasteiger partial charge in [-0.25, -0.2) is 13.6 Å². The number of anilines is 1. The lowest BCUT2D eigenvalue weighted by Crippen LogP contribution is -2.40. The largest absolute Gasteiger partial charge is 0.467 e. The van der Waals surface area contributed by atoms with E-state index < -0.39 is 23.2 Å². The fraction of sp³-hybridized carbons (Fsp3) is 0.364. The highest BCUT2D eigenvalue weighted by molar-refractivity contribution is 5.81. The van der Waals surface area contributed by atoms with Gasteiger partial charge in [0.25, 0.3) is 0 Å². The lowest BCUT2D eigenvalue weighted by molar-refractivity contribution is -0.161. The highest BCUT2D eigenvalue weighted by Gasteiger charge is 2.46. The van der Waals surface area contributed by atoms with Crippen LogP contribution in [0.4, 0.5) is 14.5 Å². The summed E-state index contributed by atoms with van der Waals surface area (Å²) in [4.78, 5) is 11.4. The molecule has 0 spiro atoms. The molecule has 1 aromatic rings. The number of methoxy groups -OCH3 is 1. The molecule has 0 heterocycles. The van der Waals surface area contributed by atoms with E-state index in [4.69, 9.17) is 5.73 Å². The van der Waals surface area contributed by atoms with Crippen molar-refractivity contribution in [3.05, 3.63) is 28.8 Å². The predicted octanol–water partition coefficient (Wildman–Crippen LogP) is 0.550. The molecule has 0 saturated carbocycles. The third-order valence-corrected chi connectivity index (χ3v) is 2.96. The summed E-state index contributed by atoms with van der Waals surface area (Å²) in [5.41, 5.74) is 2.95. The molecule has 0 aliphatic heterocycles. The Morgan fingerprint density at radius 3 is 2.65 bits per heavy atom. The van der Waals surface area contributed by atoms with E-state index in [2.05, 4.69) is 4.74 Å². The van der Waals surface area contributed by atoms with Crippen molar-refractivity contribution in [1.82, 2.24) is 0 Å². The van der Waals surface area contributed by atoms with Gasteiger partial charge in [0.15, 0.2) is 5.60 Å². The SMILES string of the molecule is COC(=O)C1(O)Cc2c(F)cc(N)c(F)c2C1. The fourth-order valence-electron chi connectivity index (χ4n) is 2.09. The smallest absolute Gasteiger partial charge is 0.338 e. The minimum atomic E-state index is -1.91. The Morgan fingerprint density at radius 1 is 1.47 bits per heavy atom. The van der Waals surface area contributed by atoms with Gasteiger partial charge in [-0.2, -0.15) is 0 Å². The van der Waals surface area contributed by atoms with Gasteiger partial charge in [0.1, 0.15) is 11.6 Å². The predicted molar refractivity (Wildman–Crippen MR) is 55.1 cm³/mol. The Morgan fingerprint density at radius 2 is 2.06 bits per heavy atom. The number of hydrogen-bond donors (Lipinski definition) is 2. The van der Waals surface area contributed by atoms with Crippen LogP contribution in [0.5, 0.6) is 0 Å². The molecular weight excluding hydrogens is 232 g/mol. The number of carbonyl (C=O) groups excluding carboxylic acids is 1. The third-order valence-electron chi connectivity index (χ3n) is 2.96. The van der Waals surface area contributed by atoms with Crippen molar-refractivity contribution in [3.8, 4) is 0 Å². The summed E-state index contributed by atoms with van der Waals surface area (Å²) < 4.78 is 31.6. The van der Waals surface area contributed by atoms with Crippen molar-refractivity contribution in [3.63, 3.8) is 0 Å². The molecule has 1 unspecified atom stereocenters. The summed E-state index contributed by atoms with van der Waals surface area (Å²) in [6.45, 7) is 0. The second-order valence-electron chi connectivity index (χ2n) is 4.10. The van der Waals surface area contributed by atoms with E-state index in [-0.39, 0.29) is 29.7 Å². The van der Waals surface area contributed by atoms with Crippen LogP contribution in [0.1, 0.15) is 11.1 Å². The van der Waals surface area contributed by atoms with Crippen molar-refractivity contribution in [1.29, 1.82) is 0 Å². The van der Waals surface area contributed by atoms with Crippen molar-refractivity contribution in [2.24, 2.45) is 0 Å².